The maximum absolute atomic E-state index is 4.66. The van der Waals surface area contributed by atoms with E-state index in [1.165, 1.54) is 54.6 Å². The Morgan fingerprint density at radius 2 is 1.02 bits per heavy atom. The van der Waals surface area contributed by atoms with Crippen LogP contribution in [0.5, 0.6) is 0 Å². The van der Waals surface area contributed by atoms with E-state index in [-0.39, 0.29) is 0 Å². The SMILES string of the molecule is C=C(c1ccccc1/C=C\C)c1c(Nc2ccc(-c3c4ccccc4c(-c4ccccc4)c4ccccc34)cc2)ccc2ccccc12. The van der Waals surface area contributed by atoms with E-state index in [4.69, 9.17) is 0 Å². The molecule has 0 aliphatic carbocycles. The fourth-order valence-electron chi connectivity index (χ4n) is 7.16. The highest BCUT2D eigenvalue weighted by Crippen LogP contribution is 2.44. The largest absolute Gasteiger partial charge is 0.355 e. The van der Waals surface area contributed by atoms with Gasteiger partial charge < -0.3 is 5.32 Å². The van der Waals surface area contributed by atoms with Crippen molar-refractivity contribution in [2.45, 2.75) is 6.92 Å². The molecule has 0 aliphatic rings. The van der Waals surface area contributed by atoms with Crippen LogP contribution in [0, 0.1) is 0 Å². The van der Waals surface area contributed by atoms with Gasteiger partial charge in [-0.2, -0.15) is 0 Å². The number of anilines is 2. The summed E-state index contributed by atoms with van der Waals surface area (Å²) in [7, 11) is 0. The van der Waals surface area contributed by atoms with Crippen LogP contribution in [0.1, 0.15) is 23.6 Å². The number of hydrogen-bond donors (Lipinski definition) is 1. The summed E-state index contributed by atoms with van der Waals surface area (Å²) in [5.74, 6) is 0. The maximum Gasteiger partial charge on any atom is 0.0470 e. The number of nitrogens with one attached hydrogen (secondary N) is 1. The Kier molecular flexibility index (Phi) is 7.64. The van der Waals surface area contributed by atoms with Gasteiger partial charge in [0.1, 0.15) is 0 Å². The fourth-order valence-corrected chi connectivity index (χ4v) is 7.16. The Morgan fingerprint density at radius 1 is 0.500 bits per heavy atom. The molecule has 0 radical (unpaired) electrons. The predicted octanol–water partition coefficient (Wildman–Crippen LogP) is 13.3. The summed E-state index contributed by atoms with van der Waals surface area (Å²) in [6.07, 6.45) is 4.23. The normalized spacial score (nSPS) is 11.4. The van der Waals surface area contributed by atoms with Crippen LogP contribution in [0.2, 0.25) is 0 Å². The van der Waals surface area contributed by atoms with Gasteiger partial charge in [-0.05, 0) is 96.4 Å². The third kappa shape index (κ3) is 5.16. The summed E-state index contributed by atoms with van der Waals surface area (Å²) < 4.78 is 0. The molecule has 1 nitrogen and oxygen atoms in total. The van der Waals surface area contributed by atoms with Gasteiger partial charge in [-0.25, -0.2) is 0 Å². The molecule has 0 fully saturated rings. The van der Waals surface area contributed by atoms with Crippen LogP contribution in [0.3, 0.4) is 0 Å². The molecule has 0 saturated carbocycles. The molecule has 0 saturated heterocycles. The van der Waals surface area contributed by atoms with Crippen molar-refractivity contribution in [2.24, 2.45) is 0 Å². The summed E-state index contributed by atoms with van der Waals surface area (Å²) >= 11 is 0. The first-order valence-electron chi connectivity index (χ1n) is 16.5. The molecule has 48 heavy (non-hydrogen) atoms. The minimum absolute atomic E-state index is 0.996. The molecule has 0 atom stereocenters. The van der Waals surface area contributed by atoms with Gasteiger partial charge >= 0.3 is 0 Å². The molecule has 228 valence electrons. The van der Waals surface area contributed by atoms with Crippen molar-refractivity contribution >= 4 is 55.3 Å². The van der Waals surface area contributed by atoms with E-state index in [0.29, 0.717) is 0 Å². The van der Waals surface area contributed by atoms with E-state index < -0.39 is 0 Å². The van der Waals surface area contributed by atoms with Gasteiger partial charge in [0, 0.05) is 16.9 Å². The average Bonchev–Trinajstić information content (AvgIpc) is 3.14. The second-order valence-electron chi connectivity index (χ2n) is 12.2. The molecule has 8 aromatic rings. The van der Waals surface area contributed by atoms with Crippen LogP contribution in [0.25, 0.3) is 66.2 Å². The third-order valence-corrected chi connectivity index (χ3v) is 9.31. The first-order valence-corrected chi connectivity index (χ1v) is 16.5. The molecule has 1 N–H and O–H groups in total. The summed E-state index contributed by atoms with van der Waals surface area (Å²) in [5, 5.41) is 11.2. The predicted molar refractivity (Wildman–Crippen MR) is 209 cm³/mol. The first-order chi connectivity index (χ1) is 23.7. The van der Waals surface area contributed by atoms with Crippen molar-refractivity contribution in [3.05, 3.63) is 193 Å². The highest BCUT2D eigenvalue weighted by Gasteiger charge is 2.17. The maximum atomic E-state index is 4.66. The topological polar surface area (TPSA) is 12.0 Å². The quantitative estimate of drug-likeness (QED) is 0.176. The Hall–Kier alpha value is -6.18. The number of fused-ring (bicyclic) bond motifs is 3. The van der Waals surface area contributed by atoms with Crippen LogP contribution >= 0.6 is 0 Å². The molecule has 0 heterocycles. The Morgan fingerprint density at radius 3 is 1.65 bits per heavy atom. The second kappa shape index (κ2) is 12.5. The molecule has 0 spiro atoms. The van der Waals surface area contributed by atoms with E-state index in [2.05, 4.69) is 195 Å². The van der Waals surface area contributed by atoms with E-state index in [9.17, 15) is 0 Å². The minimum Gasteiger partial charge on any atom is -0.355 e. The number of allylic oxidation sites excluding steroid dienone is 1. The summed E-state index contributed by atoms with van der Waals surface area (Å²) in [5.41, 5.74) is 11.4. The average molecular weight is 614 g/mol. The van der Waals surface area contributed by atoms with Crippen molar-refractivity contribution in [1.29, 1.82) is 0 Å². The van der Waals surface area contributed by atoms with E-state index in [1.807, 2.05) is 0 Å². The van der Waals surface area contributed by atoms with Gasteiger partial charge in [0.2, 0.25) is 0 Å². The van der Waals surface area contributed by atoms with E-state index in [1.54, 1.807) is 0 Å². The summed E-state index contributed by atoms with van der Waals surface area (Å²) in [6.45, 7) is 6.71. The second-order valence-corrected chi connectivity index (χ2v) is 12.2. The van der Waals surface area contributed by atoms with Gasteiger partial charge in [-0.15, -0.1) is 0 Å². The Labute approximate surface area is 282 Å². The lowest BCUT2D eigenvalue weighted by atomic mass is 9.86. The highest BCUT2D eigenvalue weighted by molar-refractivity contribution is 6.21. The van der Waals surface area contributed by atoms with Gasteiger partial charge in [-0.1, -0.05) is 164 Å². The van der Waals surface area contributed by atoms with Crippen LogP contribution < -0.4 is 5.32 Å². The molecular weight excluding hydrogens is 579 g/mol. The lowest BCUT2D eigenvalue weighted by Crippen LogP contribution is -1.99. The number of hydrogen-bond acceptors (Lipinski definition) is 1. The van der Waals surface area contributed by atoms with Gasteiger partial charge in [0.05, 0.1) is 0 Å². The lowest BCUT2D eigenvalue weighted by molar-refractivity contribution is 1.51. The molecule has 0 unspecified atom stereocenters. The van der Waals surface area contributed by atoms with Gasteiger partial charge in [-0.3, -0.25) is 0 Å². The van der Waals surface area contributed by atoms with Crippen molar-refractivity contribution in [3.8, 4) is 22.3 Å². The summed E-state index contributed by atoms with van der Waals surface area (Å²) in [4.78, 5) is 0. The molecule has 1 heteroatoms. The smallest absolute Gasteiger partial charge is 0.0470 e. The van der Waals surface area contributed by atoms with Gasteiger partial charge in [0.25, 0.3) is 0 Å². The van der Waals surface area contributed by atoms with Crippen LogP contribution in [-0.4, -0.2) is 0 Å². The van der Waals surface area contributed by atoms with Crippen LogP contribution in [0.15, 0.2) is 176 Å². The highest BCUT2D eigenvalue weighted by atomic mass is 14.9. The Bertz CT molecular complexity index is 2430. The zero-order valence-corrected chi connectivity index (χ0v) is 27.0. The monoisotopic (exact) mass is 613 g/mol. The number of rotatable bonds is 7. The molecule has 8 aromatic carbocycles. The molecule has 0 aromatic heterocycles. The Balaban J connectivity index is 1.24. The van der Waals surface area contributed by atoms with E-state index in [0.717, 1.165) is 33.6 Å². The fraction of sp³-hybridized carbons (Fsp3) is 0.0213. The van der Waals surface area contributed by atoms with Crippen molar-refractivity contribution in [2.75, 3.05) is 5.32 Å². The molecule has 8 rings (SSSR count). The molecule has 0 amide bonds. The van der Waals surface area contributed by atoms with Crippen molar-refractivity contribution in [3.63, 3.8) is 0 Å². The first kappa shape index (κ1) is 29.2. The third-order valence-electron chi connectivity index (χ3n) is 9.31. The molecule has 0 aliphatic heterocycles. The van der Waals surface area contributed by atoms with E-state index >= 15 is 0 Å². The van der Waals surface area contributed by atoms with Crippen molar-refractivity contribution < 1.29 is 0 Å². The van der Waals surface area contributed by atoms with Crippen molar-refractivity contribution in [1.82, 2.24) is 0 Å². The minimum atomic E-state index is 0.996. The molecule has 0 bridgehead atoms. The standard InChI is InChI=1S/C47H35N/c1-3-15-33-16-7-9-20-38(33)32(2)45-39-21-10-8-17-34(39)28-31-44(45)48-37-29-26-36(27-30-37)47-42-24-13-11-22-40(42)46(35-18-5-4-6-19-35)41-23-12-14-25-43(41)47/h3-31,48H,2H2,1H3/b15-3-. The zero-order valence-electron chi connectivity index (χ0n) is 27.0. The van der Waals surface area contributed by atoms with Gasteiger partial charge in [0.15, 0.2) is 0 Å². The molecular formula is C47H35N. The zero-order chi connectivity index (χ0) is 32.5. The van der Waals surface area contributed by atoms with Crippen LogP contribution in [0.4, 0.5) is 11.4 Å². The number of benzene rings is 8. The summed E-state index contributed by atoms with van der Waals surface area (Å²) in [6, 6.07) is 58.6. The van der Waals surface area contributed by atoms with Crippen LogP contribution in [-0.2, 0) is 0 Å². The lowest BCUT2D eigenvalue weighted by Gasteiger charge is -2.19.